The van der Waals surface area contributed by atoms with Crippen LogP contribution in [0.25, 0.3) is 0 Å². The number of hydrogen-bond donors (Lipinski definition) is 1. The maximum absolute atomic E-state index is 13.5. The summed E-state index contributed by atoms with van der Waals surface area (Å²) in [5, 5.41) is 12.2. The van der Waals surface area contributed by atoms with Gasteiger partial charge in [0.25, 0.3) is 0 Å². The average molecular weight is 279 g/mol. The van der Waals surface area contributed by atoms with Crippen molar-refractivity contribution in [2.45, 2.75) is 6.54 Å². The van der Waals surface area contributed by atoms with Crippen molar-refractivity contribution in [3.63, 3.8) is 0 Å². The molecule has 2 nitrogen and oxygen atoms in total. The molecule has 0 heterocycles. The molecule has 2 rings (SSSR count). The topological polar surface area (TPSA) is 35.8 Å². The second-order valence-corrected chi connectivity index (χ2v) is 4.33. The fraction of sp³-hybridized carbons (Fsp3) is 0.0714. The molecule has 96 valence electrons. The van der Waals surface area contributed by atoms with Crippen molar-refractivity contribution in [2.24, 2.45) is 0 Å². The predicted octanol–water partition coefficient (Wildman–Crippen LogP) is 4.10. The SMILES string of the molecule is N#Cc1cc(F)ccc1NCc1cc(Cl)ccc1F. The molecule has 0 aromatic heterocycles. The van der Waals surface area contributed by atoms with Crippen LogP contribution in [0.5, 0.6) is 0 Å². The molecule has 0 aliphatic carbocycles. The van der Waals surface area contributed by atoms with E-state index in [2.05, 4.69) is 5.32 Å². The summed E-state index contributed by atoms with van der Waals surface area (Å²) in [4.78, 5) is 0. The number of benzene rings is 2. The van der Waals surface area contributed by atoms with Gasteiger partial charge in [-0.05, 0) is 36.4 Å². The Morgan fingerprint density at radius 2 is 1.95 bits per heavy atom. The van der Waals surface area contributed by atoms with Crippen LogP contribution in [0.2, 0.25) is 5.02 Å². The van der Waals surface area contributed by atoms with Gasteiger partial charge >= 0.3 is 0 Å². The number of rotatable bonds is 3. The third-order valence-electron chi connectivity index (χ3n) is 2.58. The fourth-order valence-corrected chi connectivity index (χ4v) is 1.83. The molecule has 0 aliphatic heterocycles. The van der Waals surface area contributed by atoms with Crippen LogP contribution in [0.15, 0.2) is 36.4 Å². The molecule has 0 bridgehead atoms. The Morgan fingerprint density at radius 3 is 2.68 bits per heavy atom. The number of nitrogens with zero attached hydrogens (tertiary/aromatic N) is 1. The molecule has 2 aromatic carbocycles. The van der Waals surface area contributed by atoms with Crippen molar-refractivity contribution in [1.82, 2.24) is 0 Å². The summed E-state index contributed by atoms with van der Waals surface area (Å²) in [5.41, 5.74) is 0.992. The van der Waals surface area contributed by atoms with Gasteiger partial charge in [-0.2, -0.15) is 5.26 Å². The molecule has 0 unspecified atom stereocenters. The van der Waals surface area contributed by atoms with E-state index >= 15 is 0 Å². The van der Waals surface area contributed by atoms with E-state index < -0.39 is 11.6 Å². The van der Waals surface area contributed by atoms with E-state index in [9.17, 15) is 8.78 Å². The Kier molecular flexibility index (Phi) is 3.98. The number of hydrogen-bond acceptors (Lipinski definition) is 2. The van der Waals surface area contributed by atoms with Crippen LogP contribution in [0.4, 0.5) is 14.5 Å². The van der Waals surface area contributed by atoms with Gasteiger partial charge in [-0.25, -0.2) is 8.78 Å². The lowest BCUT2D eigenvalue weighted by Gasteiger charge is -2.09. The van der Waals surface area contributed by atoms with E-state index in [1.54, 1.807) is 0 Å². The van der Waals surface area contributed by atoms with E-state index in [1.165, 1.54) is 30.3 Å². The van der Waals surface area contributed by atoms with E-state index in [0.29, 0.717) is 16.3 Å². The summed E-state index contributed by atoms with van der Waals surface area (Å²) in [6.45, 7) is 0.159. The highest BCUT2D eigenvalue weighted by molar-refractivity contribution is 6.30. The third-order valence-corrected chi connectivity index (χ3v) is 2.81. The average Bonchev–Trinajstić information content (AvgIpc) is 2.40. The number of anilines is 1. The minimum Gasteiger partial charge on any atom is -0.380 e. The van der Waals surface area contributed by atoms with Gasteiger partial charge < -0.3 is 5.32 Å². The smallest absolute Gasteiger partial charge is 0.128 e. The zero-order valence-electron chi connectivity index (χ0n) is 9.75. The molecule has 0 amide bonds. The quantitative estimate of drug-likeness (QED) is 0.917. The minimum atomic E-state index is -0.490. The van der Waals surface area contributed by atoms with Gasteiger partial charge in [0.05, 0.1) is 11.3 Å². The van der Waals surface area contributed by atoms with Crippen LogP contribution in [-0.4, -0.2) is 0 Å². The van der Waals surface area contributed by atoms with Gasteiger partial charge in [0.2, 0.25) is 0 Å². The summed E-state index contributed by atoms with van der Waals surface area (Å²) < 4.78 is 26.5. The Hall–Kier alpha value is -2.12. The Balaban J connectivity index is 2.19. The summed E-state index contributed by atoms with van der Waals surface area (Å²) in [6.07, 6.45) is 0. The second-order valence-electron chi connectivity index (χ2n) is 3.89. The molecular formula is C14H9ClF2N2. The first-order valence-corrected chi connectivity index (χ1v) is 5.85. The fourth-order valence-electron chi connectivity index (χ4n) is 1.63. The van der Waals surface area contributed by atoms with Gasteiger partial charge in [-0.1, -0.05) is 11.6 Å². The zero-order valence-corrected chi connectivity index (χ0v) is 10.5. The van der Waals surface area contributed by atoms with E-state index in [4.69, 9.17) is 16.9 Å². The predicted molar refractivity (Wildman–Crippen MR) is 69.9 cm³/mol. The first-order chi connectivity index (χ1) is 9.10. The van der Waals surface area contributed by atoms with Crippen molar-refractivity contribution in [3.8, 4) is 6.07 Å². The van der Waals surface area contributed by atoms with Crippen molar-refractivity contribution in [3.05, 3.63) is 64.2 Å². The molecule has 5 heteroatoms. The molecule has 1 N–H and O–H groups in total. The largest absolute Gasteiger partial charge is 0.380 e. The lowest BCUT2D eigenvalue weighted by molar-refractivity contribution is 0.612. The third kappa shape index (κ3) is 3.21. The molecule has 0 atom stereocenters. The van der Waals surface area contributed by atoms with Crippen LogP contribution >= 0.6 is 11.6 Å². The summed E-state index contributed by atoms with van der Waals surface area (Å²) in [5.74, 6) is -0.881. The van der Waals surface area contributed by atoms with E-state index in [0.717, 1.165) is 6.07 Å². The van der Waals surface area contributed by atoms with Crippen LogP contribution < -0.4 is 5.32 Å². The monoisotopic (exact) mass is 278 g/mol. The molecular weight excluding hydrogens is 270 g/mol. The molecule has 19 heavy (non-hydrogen) atoms. The van der Waals surface area contributed by atoms with Crippen molar-refractivity contribution in [2.75, 3.05) is 5.32 Å². The normalized spacial score (nSPS) is 10.0. The molecule has 0 saturated carbocycles. The number of halogens is 3. The molecule has 0 spiro atoms. The van der Waals surface area contributed by atoms with E-state index in [-0.39, 0.29) is 12.1 Å². The standard InChI is InChI=1S/C14H9ClF2N2/c15-11-1-3-13(17)10(5-11)8-19-14-4-2-12(16)6-9(14)7-18/h1-6,19H,8H2. The maximum atomic E-state index is 13.5. The van der Waals surface area contributed by atoms with Gasteiger partial charge in [0.15, 0.2) is 0 Å². The molecule has 0 aliphatic rings. The van der Waals surface area contributed by atoms with Crippen molar-refractivity contribution >= 4 is 17.3 Å². The highest BCUT2D eigenvalue weighted by Gasteiger charge is 2.06. The Morgan fingerprint density at radius 1 is 1.16 bits per heavy atom. The Labute approximate surface area is 114 Å². The van der Waals surface area contributed by atoms with Crippen molar-refractivity contribution in [1.29, 1.82) is 5.26 Å². The molecule has 2 aromatic rings. The minimum absolute atomic E-state index is 0.159. The van der Waals surface area contributed by atoms with Gasteiger partial charge in [0, 0.05) is 17.1 Å². The summed E-state index contributed by atoms with van der Waals surface area (Å²) in [7, 11) is 0. The molecule has 0 fully saturated rings. The van der Waals surface area contributed by atoms with Crippen molar-refractivity contribution < 1.29 is 8.78 Å². The number of nitrogens with one attached hydrogen (secondary N) is 1. The lowest BCUT2D eigenvalue weighted by atomic mass is 10.1. The van der Waals surface area contributed by atoms with Gasteiger partial charge in [0.1, 0.15) is 17.7 Å². The Bertz CT molecular complexity index is 650. The summed E-state index contributed by atoms with van der Waals surface area (Å²) >= 11 is 5.78. The van der Waals surface area contributed by atoms with Crippen LogP contribution in [0.3, 0.4) is 0 Å². The molecule has 0 radical (unpaired) electrons. The van der Waals surface area contributed by atoms with Crippen LogP contribution in [0, 0.1) is 23.0 Å². The highest BCUT2D eigenvalue weighted by atomic mass is 35.5. The molecule has 0 saturated heterocycles. The summed E-state index contributed by atoms with van der Waals surface area (Å²) in [6, 6.07) is 9.90. The lowest BCUT2D eigenvalue weighted by Crippen LogP contribution is -2.03. The first-order valence-electron chi connectivity index (χ1n) is 5.47. The van der Waals surface area contributed by atoms with Gasteiger partial charge in [-0.15, -0.1) is 0 Å². The highest BCUT2D eigenvalue weighted by Crippen LogP contribution is 2.19. The van der Waals surface area contributed by atoms with Crippen LogP contribution in [-0.2, 0) is 6.54 Å². The second kappa shape index (κ2) is 5.68. The maximum Gasteiger partial charge on any atom is 0.128 e. The zero-order chi connectivity index (χ0) is 13.8. The van der Waals surface area contributed by atoms with Gasteiger partial charge in [-0.3, -0.25) is 0 Å². The number of nitriles is 1. The van der Waals surface area contributed by atoms with E-state index in [1.807, 2.05) is 6.07 Å². The van der Waals surface area contributed by atoms with Crippen LogP contribution in [0.1, 0.15) is 11.1 Å². The first kappa shape index (κ1) is 13.3.